The molecule has 2 heterocycles. The molecule has 1 aromatic rings. The molecule has 18 heavy (non-hydrogen) atoms. The van der Waals surface area contributed by atoms with Gasteiger partial charge in [0.1, 0.15) is 12.2 Å². The molecule has 1 amide bonds. The maximum absolute atomic E-state index is 11.6. The average Bonchev–Trinajstić information content (AvgIpc) is 2.57. The van der Waals surface area contributed by atoms with Gasteiger partial charge in [-0.1, -0.05) is 0 Å². The number of nitrogens with zero attached hydrogens (tertiary/aromatic N) is 2. The predicted molar refractivity (Wildman–Crippen MR) is 68.6 cm³/mol. The van der Waals surface area contributed by atoms with E-state index in [9.17, 15) is 4.79 Å². The van der Waals surface area contributed by atoms with E-state index in [1.54, 1.807) is 10.9 Å². The Labute approximate surface area is 114 Å². The van der Waals surface area contributed by atoms with Gasteiger partial charge in [-0.2, -0.15) is 5.10 Å². The van der Waals surface area contributed by atoms with Gasteiger partial charge in [0.2, 0.25) is 5.88 Å². The van der Waals surface area contributed by atoms with Crippen LogP contribution in [0.5, 0.6) is 5.88 Å². The first-order valence-corrected chi connectivity index (χ1v) is 6.48. The molecule has 2 rings (SSSR count). The normalized spacial score (nSPS) is 18.8. The highest BCUT2D eigenvalue weighted by atomic mass is 79.9. The average molecular weight is 318 g/mol. The highest BCUT2D eigenvalue weighted by Gasteiger charge is 2.25. The summed E-state index contributed by atoms with van der Waals surface area (Å²) in [5.41, 5.74) is -0.501. The summed E-state index contributed by atoms with van der Waals surface area (Å²) >= 11 is 3.34. The fraction of sp³-hybridized carbons (Fsp3) is 0.636. The molecule has 0 aromatic carbocycles. The van der Waals surface area contributed by atoms with Gasteiger partial charge < -0.3 is 14.8 Å². The zero-order chi connectivity index (χ0) is 13.3. The van der Waals surface area contributed by atoms with Crippen LogP contribution in [-0.4, -0.2) is 34.1 Å². The summed E-state index contributed by atoms with van der Waals surface area (Å²) in [6.45, 7) is 6.45. The van der Waals surface area contributed by atoms with E-state index in [1.807, 2.05) is 20.8 Å². The monoisotopic (exact) mass is 317 g/mol. The van der Waals surface area contributed by atoms with Gasteiger partial charge in [0.15, 0.2) is 0 Å². The summed E-state index contributed by atoms with van der Waals surface area (Å²) in [6, 6.07) is -0.140. The van der Waals surface area contributed by atoms with Gasteiger partial charge in [0.05, 0.1) is 23.3 Å². The van der Waals surface area contributed by atoms with E-state index in [0.717, 1.165) is 4.47 Å². The number of hydrogen-bond donors (Lipinski definition) is 1. The van der Waals surface area contributed by atoms with Crippen molar-refractivity contribution in [3.05, 3.63) is 10.7 Å². The summed E-state index contributed by atoms with van der Waals surface area (Å²) in [7, 11) is 0. The van der Waals surface area contributed by atoms with Crippen LogP contribution in [0.4, 0.5) is 4.79 Å². The maximum atomic E-state index is 11.6. The molecule has 6 nitrogen and oxygen atoms in total. The first kappa shape index (κ1) is 13.2. The largest absolute Gasteiger partial charge is 0.475 e. The third-order valence-electron chi connectivity index (χ3n) is 2.28. The summed E-state index contributed by atoms with van der Waals surface area (Å²) in [5, 5.41) is 6.90. The molecule has 0 spiro atoms. The molecule has 1 aliphatic rings. The van der Waals surface area contributed by atoms with E-state index in [0.29, 0.717) is 19.0 Å². The topological polar surface area (TPSA) is 65.4 Å². The molecule has 0 fully saturated rings. The standard InChI is InChI=1S/C11H16BrN3O3/c1-11(2,3)18-10(16)14-7-5-15-9(17-6-7)8(12)4-13-15/h4,7H,5-6H2,1-3H3,(H,14,16). The molecule has 0 aliphatic carbocycles. The molecule has 7 heteroatoms. The molecule has 1 N–H and O–H groups in total. The van der Waals surface area contributed by atoms with E-state index >= 15 is 0 Å². The Kier molecular flexibility index (Phi) is 3.52. The minimum Gasteiger partial charge on any atom is -0.475 e. The number of nitrogens with one attached hydrogen (secondary N) is 1. The lowest BCUT2D eigenvalue weighted by Crippen LogP contribution is -2.46. The number of hydrogen-bond acceptors (Lipinski definition) is 4. The van der Waals surface area contributed by atoms with Crippen molar-refractivity contribution in [2.45, 2.75) is 39.0 Å². The smallest absolute Gasteiger partial charge is 0.408 e. The zero-order valence-corrected chi connectivity index (χ0v) is 12.2. The van der Waals surface area contributed by atoms with Crippen LogP contribution in [0, 0.1) is 0 Å². The lowest BCUT2D eigenvalue weighted by atomic mass is 10.2. The van der Waals surface area contributed by atoms with Crippen LogP contribution in [0.2, 0.25) is 0 Å². The second-order valence-electron chi connectivity index (χ2n) is 5.13. The second-order valence-corrected chi connectivity index (χ2v) is 5.99. The minimum absolute atomic E-state index is 0.140. The van der Waals surface area contributed by atoms with Crippen molar-refractivity contribution in [2.75, 3.05) is 6.61 Å². The van der Waals surface area contributed by atoms with Crippen LogP contribution < -0.4 is 10.1 Å². The summed E-state index contributed by atoms with van der Waals surface area (Å²) in [6.07, 6.45) is 1.23. The Balaban J connectivity index is 1.92. The third-order valence-corrected chi connectivity index (χ3v) is 2.83. The first-order chi connectivity index (χ1) is 8.35. The molecular formula is C11H16BrN3O3. The first-order valence-electron chi connectivity index (χ1n) is 5.69. The van der Waals surface area contributed by atoms with Crippen molar-refractivity contribution in [2.24, 2.45) is 0 Å². The lowest BCUT2D eigenvalue weighted by Gasteiger charge is -2.27. The van der Waals surface area contributed by atoms with E-state index in [1.165, 1.54) is 0 Å². The molecule has 0 bridgehead atoms. The van der Waals surface area contributed by atoms with Crippen LogP contribution in [0.25, 0.3) is 0 Å². The highest BCUT2D eigenvalue weighted by molar-refractivity contribution is 9.10. The summed E-state index contributed by atoms with van der Waals surface area (Å²) in [4.78, 5) is 11.6. The molecule has 100 valence electrons. The van der Waals surface area contributed by atoms with E-state index in [2.05, 4.69) is 26.3 Å². The van der Waals surface area contributed by atoms with Crippen LogP contribution >= 0.6 is 15.9 Å². The number of carbonyl (C=O) groups is 1. The minimum atomic E-state index is -0.501. The van der Waals surface area contributed by atoms with Crippen molar-refractivity contribution in [3.8, 4) is 5.88 Å². The van der Waals surface area contributed by atoms with Crippen molar-refractivity contribution < 1.29 is 14.3 Å². The number of fused-ring (bicyclic) bond motifs is 1. The van der Waals surface area contributed by atoms with Crippen molar-refractivity contribution in [1.29, 1.82) is 0 Å². The Morgan fingerprint density at radius 2 is 2.39 bits per heavy atom. The van der Waals surface area contributed by atoms with E-state index in [4.69, 9.17) is 9.47 Å². The van der Waals surface area contributed by atoms with Gasteiger partial charge in [-0.05, 0) is 36.7 Å². The SMILES string of the molecule is CC(C)(C)OC(=O)NC1COc2c(Br)cnn2C1. The Morgan fingerprint density at radius 3 is 3.06 bits per heavy atom. The third kappa shape index (κ3) is 3.16. The van der Waals surface area contributed by atoms with Crippen molar-refractivity contribution in [3.63, 3.8) is 0 Å². The van der Waals surface area contributed by atoms with Gasteiger partial charge in [-0.15, -0.1) is 0 Å². The van der Waals surface area contributed by atoms with Crippen LogP contribution in [0.1, 0.15) is 20.8 Å². The number of aromatic nitrogens is 2. The number of ether oxygens (including phenoxy) is 2. The fourth-order valence-electron chi connectivity index (χ4n) is 1.63. The van der Waals surface area contributed by atoms with Gasteiger partial charge in [0.25, 0.3) is 0 Å². The van der Waals surface area contributed by atoms with E-state index in [-0.39, 0.29) is 6.04 Å². The molecule has 0 radical (unpaired) electrons. The van der Waals surface area contributed by atoms with E-state index < -0.39 is 11.7 Å². The molecule has 1 aromatic heterocycles. The Bertz CT molecular complexity index is 453. The molecule has 1 atom stereocenters. The molecule has 1 unspecified atom stereocenters. The van der Waals surface area contributed by atoms with Crippen molar-refractivity contribution >= 4 is 22.0 Å². The van der Waals surface area contributed by atoms with Crippen LogP contribution in [0.15, 0.2) is 10.7 Å². The lowest BCUT2D eigenvalue weighted by molar-refractivity contribution is 0.0460. The molecule has 0 saturated carbocycles. The number of carbonyl (C=O) groups excluding carboxylic acids is 1. The highest BCUT2D eigenvalue weighted by Crippen LogP contribution is 2.27. The van der Waals surface area contributed by atoms with Crippen LogP contribution in [0.3, 0.4) is 0 Å². The second kappa shape index (κ2) is 4.79. The van der Waals surface area contributed by atoms with Gasteiger partial charge in [-0.3, -0.25) is 0 Å². The molecular weight excluding hydrogens is 302 g/mol. The van der Waals surface area contributed by atoms with Crippen molar-refractivity contribution in [1.82, 2.24) is 15.1 Å². The fourth-order valence-corrected chi connectivity index (χ4v) is 2.04. The maximum Gasteiger partial charge on any atom is 0.408 e. The number of rotatable bonds is 1. The predicted octanol–water partition coefficient (Wildman–Crippen LogP) is 1.93. The zero-order valence-electron chi connectivity index (χ0n) is 10.6. The van der Waals surface area contributed by atoms with Gasteiger partial charge in [0, 0.05) is 0 Å². The van der Waals surface area contributed by atoms with Gasteiger partial charge in [-0.25, -0.2) is 9.48 Å². The Hall–Kier alpha value is -1.24. The summed E-state index contributed by atoms with van der Waals surface area (Å²) in [5.74, 6) is 0.692. The van der Waals surface area contributed by atoms with Crippen LogP contribution in [-0.2, 0) is 11.3 Å². The quantitative estimate of drug-likeness (QED) is 0.859. The number of halogens is 1. The Morgan fingerprint density at radius 1 is 1.67 bits per heavy atom. The summed E-state index contributed by atoms with van der Waals surface area (Å²) < 4.78 is 13.2. The number of alkyl carbamates (subject to hydrolysis) is 1. The van der Waals surface area contributed by atoms with Gasteiger partial charge >= 0.3 is 6.09 Å². The molecule has 1 aliphatic heterocycles. The number of amides is 1. The molecule has 0 saturated heterocycles.